The van der Waals surface area contributed by atoms with Crippen LogP contribution < -0.4 is 31.3 Å². The summed E-state index contributed by atoms with van der Waals surface area (Å²) >= 11 is 2.63. The fourth-order valence-electron chi connectivity index (χ4n) is 11.6. The number of carbonyl (C=O) groups excluding carboxylic acids is 11. The van der Waals surface area contributed by atoms with Crippen LogP contribution in [0.3, 0.4) is 0 Å². The SMILES string of the molecule is C=CC(=O)N1CN(C(=O)C=C)CN(C(=O)CCSCC(=O)NC(C(=O)NCC(=O)Nc2ccc(OCC(=O)N(C)C(C(=O)NCC(=O)N(C)[C@@H]([C@@H](C)CC)[C@@H](CC(=O)N3CCC[C@H]3[C@H](OC)[C@@H](C)C(=O)N[C@@H](Cc3ccccc3)c3nccs3)OC)C(C)C)cc2)C(C)C)C1. The van der Waals surface area contributed by atoms with Crippen molar-refractivity contribution < 1.29 is 67.0 Å². The summed E-state index contributed by atoms with van der Waals surface area (Å²) in [6.45, 7) is 18.8. The van der Waals surface area contributed by atoms with Crippen LogP contribution in [0.1, 0.15) is 97.2 Å². The van der Waals surface area contributed by atoms with Crippen LogP contribution in [0.5, 0.6) is 5.75 Å². The summed E-state index contributed by atoms with van der Waals surface area (Å²) in [5.41, 5.74) is 1.40. The minimum atomic E-state index is -0.995. The number of ether oxygens (including phenoxy) is 3. The number of nitrogens with zero attached hydrogens (tertiary/aromatic N) is 7. The summed E-state index contributed by atoms with van der Waals surface area (Å²) in [5.74, 6) is -5.87. The molecule has 3 heterocycles. The van der Waals surface area contributed by atoms with Gasteiger partial charge in [-0.3, -0.25) is 52.7 Å². The number of carbonyl (C=O) groups is 11. The Kier molecular flexibility index (Phi) is 31.3. The van der Waals surface area contributed by atoms with Crippen molar-refractivity contribution in [2.75, 3.05) is 91.4 Å². The van der Waals surface area contributed by atoms with Gasteiger partial charge in [0.15, 0.2) is 6.61 Å². The summed E-state index contributed by atoms with van der Waals surface area (Å²) in [6.07, 6.45) is 5.02. The predicted octanol–water partition coefficient (Wildman–Crippen LogP) is 4.20. The molecule has 9 atom stereocenters. The lowest BCUT2D eigenvalue weighted by molar-refractivity contribution is -0.154. The lowest BCUT2D eigenvalue weighted by Crippen LogP contribution is -2.59. The highest BCUT2D eigenvalue weighted by atomic mass is 32.2. The second-order valence-electron chi connectivity index (χ2n) is 24.4. The number of likely N-dealkylation sites (tertiary alicyclic amines) is 1. The molecule has 2 aromatic carbocycles. The Bertz CT molecular complexity index is 3080. The van der Waals surface area contributed by atoms with Crippen LogP contribution >= 0.6 is 23.1 Å². The molecule has 95 heavy (non-hydrogen) atoms. The molecule has 5 N–H and O–H groups in total. The van der Waals surface area contributed by atoms with E-state index in [0.717, 1.165) is 34.5 Å². The number of hydrogen-bond acceptors (Lipinski definition) is 17. The normalized spacial score (nSPS) is 16.4. The highest BCUT2D eigenvalue weighted by Gasteiger charge is 2.43. The van der Waals surface area contributed by atoms with Gasteiger partial charge in [-0.15, -0.1) is 11.3 Å². The monoisotopic (exact) mass is 1360 g/mol. The van der Waals surface area contributed by atoms with Gasteiger partial charge in [-0.1, -0.05) is 98.4 Å². The number of thioether (sulfide) groups is 1. The quantitative estimate of drug-likeness (QED) is 0.0402. The van der Waals surface area contributed by atoms with Crippen molar-refractivity contribution in [1.82, 2.24) is 55.7 Å². The molecule has 0 aliphatic carbocycles. The van der Waals surface area contributed by atoms with E-state index in [4.69, 9.17) is 14.2 Å². The average molecular weight is 1360 g/mol. The molecule has 0 bridgehead atoms. The lowest BCUT2D eigenvalue weighted by atomic mass is 9.90. The zero-order chi connectivity index (χ0) is 70.1. The highest BCUT2D eigenvalue weighted by molar-refractivity contribution is 7.99. The van der Waals surface area contributed by atoms with E-state index in [0.29, 0.717) is 37.9 Å². The molecule has 0 saturated carbocycles. The first kappa shape index (κ1) is 77.5. The smallest absolute Gasteiger partial charge is 0.260 e. The van der Waals surface area contributed by atoms with E-state index in [1.54, 1.807) is 52.9 Å². The molecule has 2 fully saturated rings. The van der Waals surface area contributed by atoms with Crippen LogP contribution in [0, 0.1) is 23.7 Å². The number of nitrogens with one attached hydrogen (secondary N) is 5. The van der Waals surface area contributed by atoms with Gasteiger partial charge in [0.05, 0.1) is 81.5 Å². The van der Waals surface area contributed by atoms with Crippen molar-refractivity contribution in [1.29, 1.82) is 0 Å². The van der Waals surface area contributed by atoms with Gasteiger partial charge in [-0.2, -0.15) is 11.8 Å². The number of hydrogen-bond donors (Lipinski definition) is 5. The van der Waals surface area contributed by atoms with Crippen LogP contribution in [0.25, 0.3) is 0 Å². The number of benzene rings is 2. The Morgan fingerprint density at radius 2 is 1.39 bits per heavy atom. The summed E-state index contributed by atoms with van der Waals surface area (Å²) in [5, 5.41) is 16.5. The van der Waals surface area contributed by atoms with Gasteiger partial charge in [-0.05, 0) is 79.0 Å². The minimum Gasteiger partial charge on any atom is -0.484 e. The second kappa shape index (κ2) is 38.4. The van der Waals surface area contributed by atoms with Crippen LogP contribution in [0.4, 0.5) is 5.69 Å². The third kappa shape index (κ3) is 22.7. The molecule has 5 rings (SSSR count). The minimum absolute atomic E-state index is 0.0118. The summed E-state index contributed by atoms with van der Waals surface area (Å²) in [4.78, 5) is 160. The van der Waals surface area contributed by atoms with E-state index in [-0.39, 0.29) is 91.6 Å². The molecule has 2 saturated heterocycles. The fraction of sp³-hybridized carbons (Fsp3) is 0.552. The molecule has 26 nitrogen and oxygen atoms in total. The first-order chi connectivity index (χ1) is 45.3. The van der Waals surface area contributed by atoms with Crippen LogP contribution in [0.15, 0.2) is 91.5 Å². The number of anilines is 1. The molecule has 2 aliphatic rings. The second-order valence-corrected chi connectivity index (χ2v) is 26.4. The van der Waals surface area contributed by atoms with Gasteiger partial charge in [0.2, 0.25) is 59.1 Å². The Morgan fingerprint density at radius 1 is 0.747 bits per heavy atom. The average Bonchev–Trinajstić information content (AvgIpc) is 1.79. The molecule has 3 aromatic rings. The van der Waals surface area contributed by atoms with E-state index in [2.05, 4.69) is 44.7 Å². The number of amides is 11. The van der Waals surface area contributed by atoms with Crippen LogP contribution in [0.2, 0.25) is 0 Å². The van der Waals surface area contributed by atoms with Gasteiger partial charge < -0.3 is 70.2 Å². The van der Waals surface area contributed by atoms with E-state index in [1.807, 2.05) is 56.5 Å². The topological polar surface area (TPSA) is 308 Å². The van der Waals surface area contributed by atoms with Crippen molar-refractivity contribution >= 4 is 93.8 Å². The maximum atomic E-state index is 14.4. The standard InChI is InChI=1S/C67H96N12O14S2/c1-14-44(8)62(51(91-12)34-57(85)79-30-20-23-50(79)63(92-13)45(9)64(88)72-49(67-68-29-32-95-67)33-46-21-18-17-19-22-46)74(10)58(86)36-70-66(90)61(43(6)7)75(11)59(87)37-93-48-26-24-47(25-27-48)71-52(80)35-69-65(89)60(42(4)5)73-53(81)38-94-31-28-56(84)78-40-76(54(82)15-2)39-77(41-78)55(83)16-3/h15-19,21-22,24-27,29,32,42-45,49-51,60-63H,2-3,14,20,23,28,30-31,33-41H2,1,4-13H3,(H,69,89)(H,70,90)(H,71,80)(H,72,88)(H,73,81)/t44-,45+,49-,50-,51+,60?,61?,62-,63+/m0/s1. The Hall–Kier alpha value is -8.21. The molecule has 0 spiro atoms. The molecule has 2 unspecified atom stereocenters. The number of methoxy groups -OCH3 is 2. The number of rotatable bonds is 36. The van der Waals surface area contributed by atoms with Gasteiger partial charge >= 0.3 is 0 Å². The molecule has 11 amide bonds. The first-order valence-electron chi connectivity index (χ1n) is 31.9. The zero-order valence-electron chi connectivity index (χ0n) is 56.5. The molecular weight excluding hydrogens is 1260 g/mol. The van der Waals surface area contributed by atoms with Crippen molar-refractivity contribution in [3.05, 3.63) is 102 Å². The maximum absolute atomic E-state index is 14.4. The van der Waals surface area contributed by atoms with Crippen LogP contribution in [-0.2, 0) is 68.6 Å². The Morgan fingerprint density at radius 3 is 1.97 bits per heavy atom. The Labute approximate surface area is 566 Å². The van der Waals surface area contributed by atoms with E-state index in [9.17, 15) is 52.7 Å². The molecule has 1 aromatic heterocycles. The van der Waals surface area contributed by atoms with Gasteiger partial charge in [0.1, 0.15) is 22.8 Å². The van der Waals surface area contributed by atoms with Gasteiger partial charge in [-0.25, -0.2) is 4.98 Å². The molecule has 0 radical (unpaired) electrons. The third-order valence-corrected chi connectivity index (χ3v) is 18.9. The molecule has 2 aliphatic heterocycles. The van der Waals surface area contributed by atoms with Gasteiger partial charge in [0, 0.05) is 64.3 Å². The van der Waals surface area contributed by atoms with Crippen molar-refractivity contribution in [3.8, 4) is 5.75 Å². The maximum Gasteiger partial charge on any atom is 0.260 e. The Balaban J connectivity index is 1.06. The lowest BCUT2D eigenvalue weighted by Gasteiger charge is -2.41. The molecule has 28 heteroatoms. The third-order valence-electron chi connectivity index (χ3n) is 17.0. The molecular formula is C67H96N12O14S2. The van der Waals surface area contributed by atoms with Crippen molar-refractivity contribution in [3.63, 3.8) is 0 Å². The van der Waals surface area contributed by atoms with E-state index >= 15 is 0 Å². The predicted molar refractivity (Wildman–Crippen MR) is 361 cm³/mol. The van der Waals surface area contributed by atoms with E-state index in [1.165, 1.54) is 74.3 Å². The van der Waals surface area contributed by atoms with E-state index < -0.39 is 109 Å². The first-order valence-corrected chi connectivity index (χ1v) is 34.0. The number of likely N-dealkylation sites (N-methyl/N-ethyl adjacent to an activating group) is 2. The fourth-order valence-corrected chi connectivity index (χ4v) is 13.0. The largest absolute Gasteiger partial charge is 0.484 e. The van der Waals surface area contributed by atoms with Gasteiger partial charge in [0.25, 0.3) is 5.91 Å². The zero-order valence-corrected chi connectivity index (χ0v) is 58.2. The summed E-state index contributed by atoms with van der Waals surface area (Å²) < 4.78 is 17.9. The number of aromatic nitrogens is 1. The van der Waals surface area contributed by atoms with Crippen molar-refractivity contribution in [2.45, 2.75) is 129 Å². The van der Waals surface area contributed by atoms with Crippen LogP contribution in [-0.4, -0.2) is 222 Å². The molecule has 520 valence electrons. The highest BCUT2D eigenvalue weighted by Crippen LogP contribution is 2.31. The summed E-state index contributed by atoms with van der Waals surface area (Å²) in [7, 11) is 6.15. The van der Waals surface area contributed by atoms with Crippen molar-refractivity contribution in [2.24, 2.45) is 23.7 Å². The number of thiazole rings is 1. The summed E-state index contributed by atoms with van der Waals surface area (Å²) in [6, 6.07) is 12.7.